The molecule has 0 amide bonds. The maximum atomic E-state index is 11.4. The molecule has 0 aliphatic heterocycles. The average Bonchev–Trinajstić information content (AvgIpc) is 2.39. The number of carbonyl (C=O) groups is 1. The summed E-state index contributed by atoms with van der Waals surface area (Å²) in [6.45, 7) is 4.67. The van der Waals surface area contributed by atoms with Crippen molar-refractivity contribution in [3.63, 3.8) is 0 Å². The maximum absolute atomic E-state index is 11.4. The molecule has 0 spiro atoms. The SMILES string of the molecule is CCC(CC)COC(=O)COc1ccccc1. The maximum Gasteiger partial charge on any atom is 0.344 e. The summed E-state index contributed by atoms with van der Waals surface area (Å²) >= 11 is 0. The van der Waals surface area contributed by atoms with Crippen molar-refractivity contribution in [1.29, 1.82) is 0 Å². The Kier molecular flexibility index (Phi) is 6.15. The Morgan fingerprint density at radius 1 is 1.18 bits per heavy atom. The first-order valence-electron chi connectivity index (χ1n) is 6.09. The summed E-state index contributed by atoms with van der Waals surface area (Å²) in [5.41, 5.74) is 0. The molecule has 17 heavy (non-hydrogen) atoms. The quantitative estimate of drug-likeness (QED) is 0.683. The average molecular weight is 236 g/mol. The van der Waals surface area contributed by atoms with Gasteiger partial charge in [-0.25, -0.2) is 4.79 Å². The van der Waals surface area contributed by atoms with Crippen LogP contribution in [0.2, 0.25) is 0 Å². The van der Waals surface area contributed by atoms with E-state index in [1.165, 1.54) is 0 Å². The zero-order valence-corrected chi connectivity index (χ0v) is 10.5. The third-order valence-corrected chi connectivity index (χ3v) is 2.73. The molecule has 0 aliphatic rings. The highest BCUT2D eigenvalue weighted by Crippen LogP contribution is 2.09. The molecule has 0 aromatic heterocycles. The third-order valence-electron chi connectivity index (χ3n) is 2.73. The summed E-state index contributed by atoms with van der Waals surface area (Å²) < 4.78 is 10.4. The molecule has 0 N–H and O–H groups in total. The van der Waals surface area contributed by atoms with Gasteiger partial charge in [0.05, 0.1) is 6.61 Å². The molecule has 0 fully saturated rings. The molecule has 0 heterocycles. The highest BCUT2D eigenvalue weighted by atomic mass is 16.6. The Labute approximate surface area is 103 Å². The Bertz CT molecular complexity index is 317. The van der Waals surface area contributed by atoms with Gasteiger partial charge >= 0.3 is 5.97 Å². The van der Waals surface area contributed by atoms with E-state index in [4.69, 9.17) is 9.47 Å². The van der Waals surface area contributed by atoms with Crippen molar-refractivity contribution in [2.75, 3.05) is 13.2 Å². The van der Waals surface area contributed by atoms with Crippen molar-refractivity contribution in [3.8, 4) is 5.75 Å². The number of esters is 1. The fourth-order valence-corrected chi connectivity index (χ4v) is 1.44. The van der Waals surface area contributed by atoms with Crippen molar-refractivity contribution in [2.24, 2.45) is 5.92 Å². The van der Waals surface area contributed by atoms with Gasteiger partial charge in [-0.15, -0.1) is 0 Å². The van der Waals surface area contributed by atoms with Crippen LogP contribution in [0.25, 0.3) is 0 Å². The minimum atomic E-state index is -0.305. The van der Waals surface area contributed by atoms with Crippen molar-refractivity contribution in [3.05, 3.63) is 30.3 Å². The second kappa shape index (κ2) is 7.71. The Balaban J connectivity index is 2.22. The van der Waals surface area contributed by atoms with E-state index in [-0.39, 0.29) is 12.6 Å². The molecule has 3 heteroatoms. The summed E-state index contributed by atoms with van der Waals surface area (Å²) in [6, 6.07) is 9.26. The second-order valence-corrected chi connectivity index (χ2v) is 3.97. The minimum absolute atomic E-state index is 0.0236. The molecule has 0 saturated heterocycles. The normalized spacial score (nSPS) is 10.3. The molecular formula is C14H20O3. The van der Waals surface area contributed by atoms with Gasteiger partial charge in [0.25, 0.3) is 0 Å². The van der Waals surface area contributed by atoms with Gasteiger partial charge < -0.3 is 9.47 Å². The summed E-state index contributed by atoms with van der Waals surface area (Å²) in [4.78, 5) is 11.4. The summed E-state index contributed by atoms with van der Waals surface area (Å²) in [5, 5.41) is 0. The van der Waals surface area contributed by atoms with Gasteiger partial charge in [0.1, 0.15) is 5.75 Å². The molecule has 3 nitrogen and oxygen atoms in total. The zero-order valence-electron chi connectivity index (χ0n) is 10.5. The minimum Gasteiger partial charge on any atom is -0.482 e. The molecule has 1 aromatic rings. The standard InChI is InChI=1S/C14H20O3/c1-3-12(4-2)10-17-14(15)11-16-13-8-6-5-7-9-13/h5-9,12H,3-4,10-11H2,1-2H3. The number of benzene rings is 1. The summed E-state index contributed by atoms with van der Waals surface area (Å²) in [5.74, 6) is 0.836. The highest BCUT2D eigenvalue weighted by molar-refractivity contribution is 5.71. The lowest BCUT2D eigenvalue weighted by atomic mass is 10.1. The van der Waals surface area contributed by atoms with Crippen molar-refractivity contribution in [2.45, 2.75) is 26.7 Å². The second-order valence-electron chi connectivity index (χ2n) is 3.97. The van der Waals surface area contributed by atoms with E-state index in [9.17, 15) is 4.79 Å². The molecule has 94 valence electrons. The Hall–Kier alpha value is -1.51. The van der Waals surface area contributed by atoms with Crippen LogP contribution < -0.4 is 4.74 Å². The van der Waals surface area contributed by atoms with Crippen LogP contribution in [0, 0.1) is 5.92 Å². The van der Waals surface area contributed by atoms with Gasteiger partial charge in [-0.2, -0.15) is 0 Å². The molecule has 0 radical (unpaired) electrons. The number of hydrogen-bond acceptors (Lipinski definition) is 3. The fraction of sp³-hybridized carbons (Fsp3) is 0.500. The van der Waals surface area contributed by atoms with E-state index >= 15 is 0 Å². The molecule has 0 unspecified atom stereocenters. The van der Waals surface area contributed by atoms with E-state index in [1.54, 1.807) is 0 Å². The molecule has 0 atom stereocenters. The van der Waals surface area contributed by atoms with Gasteiger partial charge in [0, 0.05) is 0 Å². The van der Waals surface area contributed by atoms with Crippen LogP contribution in [-0.4, -0.2) is 19.2 Å². The van der Waals surface area contributed by atoms with E-state index < -0.39 is 0 Å². The van der Waals surface area contributed by atoms with Crippen LogP contribution in [0.15, 0.2) is 30.3 Å². The van der Waals surface area contributed by atoms with Gasteiger partial charge in [-0.1, -0.05) is 44.9 Å². The van der Waals surface area contributed by atoms with Crippen LogP contribution in [0.3, 0.4) is 0 Å². The van der Waals surface area contributed by atoms with Crippen molar-refractivity contribution in [1.82, 2.24) is 0 Å². The Morgan fingerprint density at radius 2 is 1.82 bits per heavy atom. The van der Waals surface area contributed by atoms with Gasteiger partial charge in [0.2, 0.25) is 0 Å². The van der Waals surface area contributed by atoms with Crippen molar-refractivity contribution >= 4 is 5.97 Å². The first-order chi connectivity index (χ1) is 8.26. The van der Waals surface area contributed by atoms with Crippen LogP contribution >= 0.6 is 0 Å². The first-order valence-corrected chi connectivity index (χ1v) is 6.09. The lowest BCUT2D eigenvalue weighted by Crippen LogP contribution is -2.18. The zero-order chi connectivity index (χ0) is 12.5. The Morgan fingerprint density at radius 3 is 2.41 bits per heavy atom. The largest absolute Gasteiger partial charge is 0.482 e. The molecular weight excluding hydrogens is 216 g/mol. The highest BCUT2D eigenvalue weighted by Gasteiger charge is 2.08. The molecule has 1 aromatic carbocycles. The smallest absolute Gasteiger partial charge is 0.344 e. The van der Waals surface area contributed by atoms with Gasteiger partial charge in [-0.05, 0) is 18.1 Å². The molecule has 1 rings (SSSR count). The van der Waals surface area contributed by atoms with E-state index in [2.05, 4.69) is 13.8 Å². The number of ether oxygens (including phenoxy) is 2. The fourth-order valence-electron chi connectivity index (χ4n) is 1.44. The monoisotopic (exact) mass is 236 g/mol. The summed E-state index contributed by atoms with van der Waals surface area (Å²) in [7, 11) is 0. The summed E-state index contributed by atoms with van der Waals surface area (Å²) in [6.07, 6.45) is 2.06. The van der Waals surface area contributed by atoms with Crippen LogP contribution in [0.1, 0.15) is 26.7 Å². The lowest BCUT2D eigenvalue weighted by molar-refractivity contribution is -0.147. The van der Waals surface area contributed by atoms with Gasteiger partial charge in [-0.3, -0.25) is 0 Å². The number of rotatable bonds is 7. The van der Waals surface area contributed by atoms with E-state index in [1.807, 2.05) is 30.3 Å². The molecule has 0 saturated carbocycles. The van der Waals surface area contributed by atoms with Crippen molar-refractivity contribution < 1.29 is 14.3 Å². The number of carbonyl (C=O) groups excluding carboxylic acids is 1. The lowest BCUT2D eigenvalue weighted by Gasteiger charge is -2.12. The van der Waals surface area contributed by atoms with Crippen LogP contribution in [-0.2, 0) is 9.53 Å². The van der Waals surface area contributed by atoms with Crippen LogP contribution in [0.5, 0.6) is 5.75 Å². The van der Waals surface area contributed by atoms with E-state index in [0.717, 1.165) is 12.8 Å². The topological polar surface area (TPSA) is 35.5 Å². The molecule has 0 aliphatic carbocycles. The molecule has 0 bridgehead atoms. The number of hydrogen-bond donors (Lipinski definition) is 0. The third kappa shape index (κ3) is 5.38. The van der Waals surface area contributed by atoms with Gasteiger partial charge in [0.15, 0.2) is 6.61 Å². The predicted molar refractivity (Wildman–Crippen MR) is 67.0 cm³/mol. The predicted octanol–water partition coefficient (Wildman–Crippen LogP) is 3.04. The van der Waals surface area contributed by atoms with Crippen LogP contribution in [0.4, 0.5) is 0 Å². The first kappa shape index (κ1) is 13.6. The number of para-hydroxylation sites is 1. The van der Waals surface area contributed by atoms with E-state index in [0.29, 0.717) is 18.3 Å².